The molecule has 76 valence electrons. The number of nitrogen functional groups attached to an aromatic ring is 1. The highest BCUT2D eigenvalue weighted by atomic mass is 79.9. The summed E-state index contributed by atoms with van der Waals surface area (Å²) in [5.41, 5.74) is 6.76. The standard InChI is InChI=1S/C7H9N5O.BrH/c8-7-9-3-5-6(11-7)12(1-2-13)4-10-5;/h3-4,13H,1-2H2,(H2,8,9,11);1H. The predicted molar refractivity (Wildman–Crippen MR) is 57.1 cm³/mol. The number of rotatable bonds is 2. The lowest BCUT2D eigenvalue weighted by molar-refractivity contribution is 0.277. The van der Waals surface area contributed by atoms with E-state index in [-0.39, 0.29) is 29.5 Å². The van der Waals surface area contributed by atoms with Crippen LogP contribution in [0, 0.1) is 0 Å². The second kappa shape index (κ2) is 4.34. The average Bonchev–Trinajstić information content (AvgIpc) is 2.49. The molecular formula is C7H10BrN5O. The van der Waals surface area contributed by atoms with Gasteiger partial charge in [0, 0.05) is 6.54 Å². The van der Waals surface area contributed by atoms with Gasteiger partial charge in [-0.2, -0.15) is 4.98 Å². The molecule has 0 amide bonds. The van der Waals surface area contributed by atoms with Gasteiger partial charge in [0.1, 0.15) is 5.52 Å². The molecule has 0 saturated heterocycles. The number of aliphatic hydroxyl groups is 1. The highest BCUT2D eigenvalue weighted by Gasteiger charge is 2.03. The van der Waals surface area contributed by atoms with Crippen LogP contribution in [0.1, 0.15) is 0 Å². The fraction of sp³-hybridized carbons (Fsp3) is 0.286. The van der Waals surface area contributed by atoms with Crippen molar-refractivity contribution in [2.75, 3.05) is 12.3 Å². The first-order valence-corrected chi connectivity index (χ1v) is 3.85. The SMILES string of the molecule is Br.Nc1ncc2ncn(CCO)c2n1. The van der Waals surface area contributed by atoms with Crippen LogP contribution in [0.25, 0.3) is 11.2 Å². The minimum absolute atomic E-state index is 0. The monoisotopic (exact) mass is 259 g/mol. The van der Waals surface area contributed by atoms with Gasteiger partial charge in [-0.1, -0.05) is 0 Å². The molecule has 0 aliphatic heterocycles. The molecule has 14 heavy (non-hydrogen) atoms. The molecule has 2 aromatic heterocycles. The van der Waals surface area contributed by atoms with E-state index in [1.807, 2.05) is 0 Å². The van der Waals surface area contributed by atoms with Gasteiger partial charge in [0.05, 0.1) is 19.1 Å². The number of hydrogen-bond donors (Lipinski definition) is 2. The maximum absolute atomic E-state index is 8.74. The summed E-state index contributed by atoms with van der Waals surface area (Å²) >= 11 is 0. The molecule has 0 saturated carbocycles. The predicted octanol–water partition coefficient (Wildman–Crippen LogP) is -0.0213. The molecule has 0 atom stereocenters. The molecular weight excluding hydrogens is 250 g/mol. The van der Waals surface area contributed by atoms with Gasteiger partial charge in [0.15, 0.2) is 5.65 Å². The van der Waals surface area contributed by atoms with E-state index < -0.39 is 0 Å². The minimum atomic E-state index is 0. The quantitative estimate of drug-likeness (QED) is 0.791. The zero-order chi connectivity index (χ0) is 9.26. The highest BCUT2D eigenvalue weighted by Crippen LogP contribution is 2.08. The lowest BCUT2D eigenvalue weighted by Gasteiger charge is -1.99. The van der Waals surface area contributed by atoms with E-state index in [2.05, 4.69) is 15.0 Å². The molecule has 2 aromatic rings. The van der Waals surface area contributed by atoms with Crippen molar-refractivity contribution in [1.82, 2.24) is 19.5 Å². The molecule has 0 spiro atoms. The number of nitrogens with zero attached hydrogens (tertiary/aromatic N) is 4. The first-order chi connectivity index (χ1) is 6.31. The van der Waals surface area contributed by atoms with Crippen LogP contribution in [0.15, 0.2) is 12.5 Å². The van der Waals surface area contributed by atoms with Gasteiger partial charge in [-0.25, -0.2) is 9.97 Å². The summed E-state index contributed by atoms with van der Waals surface area (Å²) in [5, 5.41) is 8.74. The Labute approximate surface area is 90.6 Å². The number of aromatic nitrogens is 4. The molecule has 0 fully saturated rings. The Balaban J connectivity index is 0.000000980. The van der Waals surface area contributed by atoms with E-state index >= 15 is 0 Å². The van der Waals surface area contributed by atoms with Gasteiger partial charge in [-0.05, 0) is 0 Å². The second-order valence-electron chi connectivity index (χ2n) is 2.60. The number of halogens is 1. The fourth-order valence-corrected chi connectivity index (χ4v) is 1.14. The number of fused-ring (bicyclic) bond motifs is 1. The molecule has 3 N–H and O–H groups in total. The van der Waals surface area contributed by atoms with Crippen molar-refractivity contribution in [2.45, 2.75) is 6.54 Å². The van der Waals surface area contributed by atoms with Crippen LogP contribution < -0.4 is 5.73 Å². The van der Waals surface area contributed by atoms with Crippen LogP contribution in [-0.2, 0) is 6.54 Å². The maximum atomic E-state index is 8.74. The van der Waals surface area contributed by atoms with Crippen molar-refractivity contribution in [3.8, 4) is 0 Å². The van der Waals surface area contributed by atoms with Gasteiger partial charge < -0.3 is 15.4 Å². The van der Waals surface area contributed by atoms with Crippen molar-refractivity contribution in [2.24, 2.45) is 0 Å². The Bertz CT molecular complexity index is 429. The third kappa shape index (κ3) is 1.83. The highest BCUT2D eigenvalue weighted by molar-refractivity contribution is 8.93. The topological polar surface area (TPSA) is 89.8 Å². The third-order valence-electron chi connectivity index (χ3n) is 1.72. The number of nitrogens with two attached hydrogens (primary N) is 1. The number of imidazole rings is 1. The zero-order valence-corrected chi connectivity index (χ0v) is 9.00. The van der Waals surface area contributed by atoms with E-state index in [0.29, 0.717) is 17.7 Å². The van der Waals surface area contributed by atoms with Gasteiger partial charge in [-0.3, -0.25) is 0 Å². The summed E-state index contributed by atoms with van der Waals surface area (Å²) < 4.78 is 1.73. The molecule has 2 rings (SSSR count). The van der Waals surface area contributed by atoms with Crippen molar-refractivity contribution in [3.05, 3.63) is 12.5 Å². The number of hydrogen-bond acceptors (Lipinski definition) is 5. The third-order valence-corrected chi connectivity index (χ3v) is 1.72. The van der Waals surface area contributed by atoms with Crippen LogP contribution in [-0.4, -0.2) is 31.2 Å². The summed E-state index contributed by atoms with van der Waals surface area (Å²) in [7, 11) is 0. The number of aliphatic hydroxyl groups excluding tert-OH is 1. The second-order valence-corrected chi connectivity index (χ2v) is 2.60. The van der Waals surface area contributed by atoms with Crippen LogP contribution in [0.4, 0.5) is 5.95 Å². The molecule has 2 heterocycles. The molecule has 7 heteroatoms. The molecule has 0 aromatic carbocycles. The molecule has 0 aliphatic carbocycles. The largest absolute Gasteiger partial charge is 0.395 e. The molecule has 0 radical (unpaired) electrons. The molecule has 0 aliphatic rings. The lowest BCUT2D eigenvalue weighted by atomic mass is 10.5. The summed E-state index contributed by atoms with van der Waals surface area (Å²) in [6.45, 7) is 0.516. The first kappa shape index (κ1) is 10.9. The van der Waals surface area contributed by atoms with E-state index in [9.17, 15) is 0 Å². The van der Waals surface area contributed by atoms with E-state index in [1.54, 1.807) is 17.1 Å². The van der Waals surface area contributed by atoms with Crippen molar-refractivity contribution in [3.63, 3.8) is 0 Å². The first-order valence-electron chi connectivity index (χ1n) is 3.85. The fourth-order valence-electron chi connectivity index (χ4n) is 1.14. The van der Waals surface area contributed by atoms with Crippen molar-refractivity contribution >= 4 is 34.1 Å². The Morgan fingerprint density at radius 3 is 2.93 bits per heavy atom. The summed E-state index contributed by atoms with van der Waals surface area (Å²) in [4.78, 5) is 11.9. The summed E-state index contributed by atoms with van der Waals surface area (Å²) in [5.74, 6) is 0.215. The molecule has 0 bridgehead atoms. The normalized spacial score (nSPS) is 10.1. The molecule has 6 nitrogen and oxygen atoms in total. The van der Waals surface area contributed by atoms with Crippen molar-refractivity contribution in [1.29, 1.82) is 0 Å². The maximum Gasteiger partial charge on any atom is 0.222 e. The van der Waals surface area contributed by atoms with E-state index in [4.69, 9.17) is 10.8 Å². The van der Waals surface area contributed by atoms with Gasteiger partial charge in [-0.15, -0.1) is 17.0 Å². The Hall–Kier alpha value is -1.21. The number of anilines is 1. The van der Waals surface area contributed by atoms with E-state index in [0.717, 1.165) is 0 Å². The summed E-state index contributed by atoms with van der Waals surface area (Å²) in [6, 6.07) is 0. The van der Waals surface area contributed by atoms with E-state index in [1.165, 1.54) is 0 Å². The Morgan fingerprint density at radius 2 is 2.21 bits per heavy atom. The zero-order valence-electron chi connectivity index (χ0n) is 7.29. The average molecular weight is 260 g/mol. The lowest BCUT2D eigenvalue weighted by Crippen LogP contribution is -2.03. The summed E-state index contributed by atoms with van der Waals surface area (Å²) in [6.07, 6.45) is 3.17. The molecule has 0 unspecified atom stereocenters. The smallest absolute Gasteiger partial charge is 0.222 e. The van der Waals surface area contributed by atoms with Crippen molar-refractivity contribution < 1.29 is 5.11 Å². The van der Waals surface area contributed by atoms with Crippen LogP contribution >= 0.6 is 17.0 Å². The Kier molecular flexibility index (Phi) is 3.37. The van der Waals surface area contributed by atoms with Gasteiger partial charge in [0.2, 0.25) is 5.95 Å². The van der Waals surface area contributed by atoms with Crippen LogP contribution in [0.5, 0.6) is 0 Å². The van der Waals surface area contributed by atoms with Gasteiger partial charge >= 0.3 is 0 Å². The Morgan fingerprint density at radius 1 is 1.43 bits per heavy atom. The minimum Gasteiger partial charge on any atom is -0.395 e. The van der Waals surface area contributed by atoms with Gasteiger partial charge in [0.25, 0.3) is 0 Å². The van der Waals surface area contributed by atoms with Crippen LogP contribution in [0.3, 0.4) is 0 Å². The van der Waals surface area contributed by atoms with Crippen LogP contribution in [0.2, 0.25) is 0 Å².